The molecule has 2 aromatic heterocycles. The standard InChI is InChI=1S/C15H20ClN3/c1-11(2)19-9-4-3-7-14(19)13-10-18-8-5-6-12(16)15(18)17-13/h5-6,8,10-11,14H,3-4,7,9H2,1-2H3. The maximum atomic E-state index is 6.21. The molecule has 0 amide bonds. The lowest BCUT2D eigenvalue weighted by atomic mass is 9.98. The highest BCUT2D eigenvalue weighted by Gasteiger charge is 2.27. The highest BCUT2D eigenvalue weighted by Crippen LogP contribution is 2.32. The Morgan fingerprint density at radius 2 is 2.21 bits per heavy atom. The topological polar surface area (TPSA) is 20.5 Å². The summed E-state index contributed by atoms with van der Waals surface area (Å²) in [5.41, 5.74) is 2.02. The molecule has 1 fully saturated rings. The number of fused-ring (bicyclic) bond motifs is 1. The minimum absolute atomic E-state index is 0.435. The van der Waals surface area contributed by atoms with Gasteiger partial charge in [0.25, 0.3) is 0 Å². The van der Waals surface area contributed by atoms with E-state index in [1.54, 1.807) is 0 Å². The lowest BCUT2D eigenvalue weighted by Gasteiger charge is -2.37. The molecular weight excluding hydrogens is 258 g/mol. The average Bonchev–Trinajstić information content (AvgIpc) is 2.84. The predicted octanol–water partition coefficient (Wildman–Crippen LogP) is 3.92. The third kappa shape index (κ3) is 2.37. The zero-order valence-electron chi connectivity index (χ0n) is 11.5. The summed E-state index contributed by atoms with van der Waals surface area (Å²) in [7, 11) is 0. The summed E-state index contributed by atoms with van der Waals surface area (Å²) in [5, 5.41) is 0.723. The number of hydrogen-bond acceptors (Lipinski definition) is 2. The molecule has 102 valence electrons. The molecule has 0 aromatic carbocycles. The van der Waals surface area contributed by atoms with Crippen LogP contribution in [0.2, 0.25) is 5.02 Å². The van der Waals surface area contributed by atoms with Gasteiger partial charge in [-0.3, -0.25) is 4.90 Å². The van der Waals surface area contributed by atoms with Crippen LogP contribution < -0.4 is 0 Å². The van der Waals surface area contributed by atoms with Crippen molar-refractivity contribution >= 4 is 17.2 Å². The second-order valence-corrected chi connectivity index (χ2v) is 6.00. The van der Waals surface area contributed by atoms with E-state index >= 15 is 0 Å². The average molecular weight is 278 g/mol. The first-order chi connectivity index (χ1) is 9.16. The molecule has 0 aliphatic carbocycles. The van der Waals surface area contributed by atoms with Crippen LogP contribution in [0.3, 0.4) is 0 Å². The van der Waals surface area contributed by atoms with Crippen LogP contribution in [0.15, 0.2) is 24.5 Å². The fourth-order valence-corrected chi connectivity index (χ4v) is 3.26. The van der Waals surface area contributed by atoms with Crippen LogP contribution >= 0.6 is 11.6 Å². The van der Waals surface area contributed by atoms with Crippen molar-refractivity contribution < 1.29 is 0 Å². The zero-order chi connectivity index (χ0) is 13.4. The summed E-state index contributed by atoms with van der Waals surface area (Å²) < 4.78 is 2.03. The molecule has 2 aromatic rings. The van der Waals surface area contributed by atoms with Gasteiger partial charge in [-0.25, -0.2) is 4.98 Å². The van der Waals surface area contributed by atoms with Crippen molar-refractivity contribution in [3.8, 4) is 0 Å². The Labute approximate surface area is 119 Å². The van der Waals surface area contributed by atoms with E-state index < -0.39 is 0 Å². The number of rotatable bonds is 2. The second kappa shape index (κ2) is 5.14. The maximum Gasteiger partial charge on any atom is 0.155 e. The summed E-state index contributed by atoms with van der Waals surface area (Å²) in [6.07, 6.45) is 7.92. The molecule has 1 unspecified atom stereocenters. The van der Waals surface area contributed by atoms with E-state index in [9.17, 15) is 0 Å². The maximum absolute atomic E-state index is 6.21. The minimum atomic E-state index is 0.435. The molecule has 0 N–H and O–H groups in total. The van der Waals surface area contributed by atoms with Gasteiger partial charge in [-0.05, 0) is 45.4 Å². The molecule has 3 nitrogen and oxygen atoms in total. The van der Waals surface area contributed by atoms with Gasteiger partial charge in [-0.2, -0.15) is 0 Å². The third-order valence-corrected chi connectivity index (χ3v) is 4.30. The summed E-state index contributed by atoms with van der Waals surface area (Å²) >= 11 is 6.21. The van der Waals surface area contributed by atoms with Gasteiger partial charge in [0.05, 0.1) is 16.8 Å². The molecule has 1 saturated heterocycles. The largest absolute Gasteiger partial charge is 0.306 e. The predicted molar refractivity (Wildman–Crippen MR) is 78.6 cm³/mol. The Morgan fingerprint density at radius 1 is 1.37 bits per heavy atom. The number of likely N-dealkylation sites (tertiary alicyclic amines) is 1. The molecule has 3 rings (SSSR count). The van der Waals surface area contributed by atoms with E-state index in [2.05, 4.69) is 24.9 Å². The van der Waals surface area contributed by atoms with Gasteiger partial charge in [0.1, 0.15) is 0 Å². The van der Waals surface area contributed by atoms with E-state index in [4.69, 9.17) is 16.6 Å². The van der Waals surface area contributed by atoms with Crippen LogP contribution in [0.1, 0.15) is 44.8 Å². The Kier molecular flexibility index (Phi) is 3.50. The first-order valence-corrected chi connectivity index (χ1v) is 7.43. The molecule has 0 radical (unpaired) electrons. The van der Waals surface area contributed by atoms with Gasteiger partial charge < -0.3 is 4.40 Å². The number of halogens is 1. The van der Waals surface area contributed by atoms with Crippen LogP contribution in [0.25, 0.3) is 5.65 Å². The first kappa shape index (κ1) is 12.9. The molecule has 1 aliphatic heterocycles. The fraction of sp³-hybridized carbons (Fsp3) is 0.533. The van der Waals surface area contributed by atoms with Crippen LogP contribution in [0, 0.1) is 0 Å². The lowest BCUT2D eigenvalue weighted by Crippen LogP contribution is -2.38. The quantitative estimate of drug-likeness (QED) is 0.829. The number of piperidine rings is 1. The minimum Gasteiger partial charge on any atom is -0.306 e. The monoisotopic (exact) mass is 277 g/mol. The van der Waals surface area contributed by atoms with E-state index in [0.29, 0.717) is 12.1 Å². The van der Waals surface area contributed by atoms with Gasteiger partial charge in [-0.15, -0.1) is 0 Å². The van der Waals surface area contributed by atoms with Crippen molar-refractivity contribution in [1.29, 1.82) is 0 Å². The number of nitrogens with zero attached hydrogens (tertiary/aromatic N) is 3. The van der Waals surface area contributed by atoms with Gasteiger partial charge in [0.15, 0.2) is 5.65 Å². The highest BCUT2D eigenvalue weighted by atomic mass is 35.5. The summed E-state index contributed by atoms with van der Waals surface area (Å²) in [6, 6.07) is 4.85. The molecule has 1 atom stereocenters. The van der Waals surface area contributed by atoms with Gasteiger partial charge in [0.2, 0.25) is 0 Å². The normalized spacial score (nSPS) is 21.4. The van der Waals surface area contributed by atoms with Crippen molar-refractivity contribution in [3.05, 3.63) is 35.2 Å². The van der Waals surface area contributed by atoms with Crippen molar-refractivity contribution in [3.63, 3.8) is 0 Å². The van der Waals surface area contributed by atoms with Crippen molar-refractivity contribution in [2.45, 2.75) is 45.2 Å². The van der Waals surface area contributed by atoms with Crippen LogP contribution in [-0.2, 0) is 0 Å². The smallest absolute Gasteiger partial charge is 0.155 e. The lowest BCUT2D eigenvalue weighted by molar-refractivity contribution is 0.109. The van der Waals surface area contributed by atoms with Crippen molar-refractivity contribution in [1.82, 2.24) is 14.3 Å². The number of pyridine rings is 1. The van der Waals surface area contributed by atoms with E-state index in [0.717, 1.165) is 16.4 Å². The highest BCUT2D eigenvalue weighted by molar-refractivity contribution is 6.33. The summed E-state index contributed by atoms with van der Waals surface area (Å²) in [4.78, 5) is 7.31. The van der Waals surface area contributed by atoms with Gasteiger partial charge in [0, 0.05) is 18.4 Å². The van der Waals surface area contributed by atoms with E-state index in [1.165, 1.54) is 25.8 Å². The van der Waals surface area contributed by atoms with Crippen LogP contribution in [-0.4, -0.2) is 26.9 Å². The molecule has 4 heteroatoms. The second-order valence-electron chi connectivity index (χ2n) is 5.60. The van der Waals surface area contributed by atoms with Crippen LogP contribution in [0.5, 0.6) is 0 Å². The Balaban J connectivity index is 2.00. The zero-order valence-corrected chi connectivity index (χ0v) is 12.3. The molecule has 3 heterocycles. The Hall–Kier alpha value is -1.06. The SMILES string of the molecule is CC(C)N1CCCCC1c1cn2cccc(Cl)c2n1. The number of hydrogen-bond donors (Lipinski definition) is 0. The van der Waals surface area contributed by atoms with Gasteiger partial charge >= 0.3 is 0 Å². The van der Waals surface area contributed by atoms with Gasteiger partial charge in [-0.1, -0.05) is 18.0 Å². The molecule has 1 aliphatic rings. The summed E-state index contributed by atoms with van der Waals surface area (Å²) in [5.74, 6) is 0. The molecule has 0 bridgehead atoms. The third-order valence-electron chi connectivity index (χ3n) is 4.00. The first-order valence-electron chi connectivity index (χ1n) is 7.05. The molecular formula is C15H20ClN3. The molecule has 0 saturated carbocycles. The van der Waals surface area contributed by atoms with Crippen LogP contribution in [0.4, 0.5) is 0 Å². The van der Waals surface area contributed by atoms with E-state index in [-0.39, 0.29) is 0 Å². The van der Waals surface area contributed by atoms with Crippen molar-refractivity contribution in [2.75, 3.05) is 6.54 Å². The Morgan fingerprint density at radius 3 is 2.95 bits per heavy atom. The molecule has 0 spiro atoms. The molecule has 19 heavy (non-hydrogen) atoms. The fourth-order valence-electron chi connectivity index (χ4n) is 3.05. The van der Waals surface area contributed by atoms with Crippen molar-refractivity contribution in [2.24, 2.45) is 0 Å². The number of aromatic nitrogens is 2. The Bertz CT molecular complexity index is 576. The number of imidazole rings is 1. The summed E-state index contributed by atoms with van der Waals surface area (Å²) in [6.45, 7) is 5.70. The van der Waals surface area contributed by atoms with E-state index in [1.807, 2.05) is 22.7 Å².